The van der Waals surface area contributed by atoms with E-state index >= 15 is 0 Å². The molecule has 0 aliphatic heterocycles. The Morgan fingerprint density at radius 1 is 1.17 bits per heavy atom. The average Bonchev–Trinajstić information content (AvgIpc) is 2.35. The molecule has 2 rings (SSSR count). The summed E-state index contributed by atoms with van der Waals surface area (Å²) >= 11 is 0. The fourth-order valence-corrected chi connectivity index (χ4v) is 4.98. The Labute approximate surface area is 142 Å². The minimum Gasteiger partial charge on any atom is -0.386 e. The van der Waals surface area contributed by atoms with Gasteiger partial charge in [-0.25, -0.2) is 0 Å². The molecule has 2 aliphatic rings. The number of hydrogen-bond acceptors (Lipinski definition) is 2. The van der Waals surface area contributed by atoms with Crippen molar-refractivity contribution in [2.24, 2.45) is 17.8 Å². The van der Waals surface area contributed by atoms with Gasteiger partial charge in [0.1, 0.15) is 0 Å². The quantitative estimate of drug-likeness (QED) is 0.676. The van der Waals surface area contributed by atoms with Crippen molar-refractivity contribution < 1.29 is 10.2 Å². The van der Waals surface area contributed by atoms with Gasteiger partial charge < -0.3 is 10.2 Å². The molecule has 4 unspecified atom stereocenters. The largest absolute Gasteiger partial charge is 0.386 e. The summed E-state index contributed by atoms with van der Waals surface area (Å²) < 4.78 is 0. The predicted molar refractivity (Wildman–Crippen MR) is 97.2 cm³/mol. The van der Waals surface area contributed by atoms with E-state index in [0.717, 1.165) is 44.9 Å². The Morgan fingerprint density at radius 2 is 1.87 bits per heavy atom. The molecule has 0 amide bonds. The molecule has 132 valence electrons. The highest BCUT2D eigenvalue weighted by molar-refractivity contribution is 5.19. The summed E-state index contributed by atoms with van der Waals surface area (Å²) in [5.41, 5.74) is -0.419. The Kier molecular flexibility index (Phi) is 6.13. The van der Waals surface area contributed by atoms with Crippen LogP contribution in [0.1, 0.15) is 79.1 Å². The number of hydrogen-bond donors (Lipinski definition) is 2. The van der Waals surface area contributed by atoms with Crippen LogP contribution in [-0.4, -0.2) is 21.4 Å². The molecule has 0 saturated heterocycles. The Bertz CT molecular complexity index is 451. The van der Waals surface area contributed by atoms with Crippen LogP contribution in [0.25, 0.3) is 0 Å². The lowest BCUT2D eigenvalue weighted by Gasteiger charge is -2.42. The molecule has 2 N–H and O–H groups in total. The van der Waals surface area contributed by atoms with Gasteiger partial charge in [0.2, 0.25) is 0 Å². The maximum Gasteiger partial charge on any atom is 0.0863 e. The summed E-state index contributed by atoms with van der Waals surface area (Å²) in [6.07, 6.45) is 13.8. The summed E-state index contributed by atoms with van der Waals surface area (Å²) in [5, 5.41) is 22.3. The van der Waals surface area contributed by atoms with Gasteiger partial charge in [-0.2, -0.15) is 0 Å². The Morgan fingerprint density at radius 3 is 2.52 bits per heavy atom. The van der Waals surface area contributed by atoms with Crippen molar-refractivity contribution in [3.63, 3.8) is 0 Å². The number of allylic oxidation sites excluding steroid dienone is 2. The van der Waals surface area contributed by atoms with Crippen LogP contribution >= 0.6 is 0 Å². The third-order valence-corrected chi connectivity index (χ3v) is 5.42. The third-order valence-electron chi connectivity index (χ3n) is 5.42. The molecule has 0 spiro atoms. The molecule has 0 heterocycles. The van der Waals surface area contributed by atoms with Crippen LogP contribution in [0, 0.1) is 17.8 Å². The van der Waals surface area contributed by atoms with Crippen molar-refractivity contribution in [1.29, 1.82) is 0 Å². The zero-order valence-electron chi connectivity index (χ0n) is 15.5. The van der Waals surface area contributed by atoms with Gasteiger partial charge >= 0.3 is 0 Å². The van der Waals surface area contributed by atoms with Crippen LogP contribution in [-0.2, 0) is 0 Å². The molecule has 2 aliphatic carbocycles. The van der Waals surface area contributed by atoms with Gasteiger partial charge in [-0.05, 0) is 56.8 Å². The second kappa shape index (κ2) is 7.53. The summed E-state index contributed by atoms with van der Waals surface area (Å²) in [7, 11) is 0. The Balaban J connectivity index is 2.08. The first kappa shape index (κ1) is 18.7. The summed E-state index contributed by atoms with van der Waals surface area (Å²) in [6, 6.07) is 0. The fourth-order valence-electron chi connectivity index (χ4n) is 4.98. The van der Waals surface area contributed by atoms with E-state index in [4.69, 9.17) is 0 Å². The van der Waals surface area contributed by atoms with Crippen LogP contribution in [0.3, 0.4) is 0 Å². The van der Waals surface area contributed by atoms with Crippen molar-refractivity contribution in [2.75, 3.05) is 0 Å². The van der Waals surface area contributed by atoms with Crippen LogP contribution in [0.15, 0.2) is 23.8 Å². The topological polar surface area (TPSA) is 40.5 Å². The SMILES string of the molecule is CCCC1CC(C)=CC(O)(CC2(O)C=CCC(CC(C)C)C2)C1. The summed E-state index contributed by atoms with van der Waals surface area (Å²) in [4.78, 5) is 0. The van der Waals surface area contributed by atoms with Crippen LogP contribution in [0.2, 0.25) is 0 Å². The first-order valence-corrected chi connectivity index (χ1v) is 9.54. The minimum absolute atomic E-state index is 0.447. The van der Waals surface area contributed by atoms with E-state index in [0.29, 0.717) is 24.2 Å². The minimum atomic E-state index is -0.850. The van der Waals surface area contributed by atoms with Gasteiger partial charge in [0.15, 0.2) is 0 Å². The van der Waals surface area contributed by atoms with Crippen molar-refractivity contribution in [3.05, 3.63) is 23.8 Å². The maximum absolute atomic E-state index is 11.2. The van der Waals surface area contributed by atoms with E-state index in [1.54, 1.807) is 0 Å². The van der Waals surface area contributed by atoms with E-state index in [1.807, 2.05) is 12.2 Å². The second-order valence-electron chi connectivity index (χ2n) is 8.78. The van der Waals surface area contributed by atoms with Gasteiger partial charge in [0.05, 0.1) is 11.2 Å². The molecule has 0 aromatic heterocycles. The highest BCUT2D eigenvalue weighted by Gasteiger charge is 2.41. The van der Waals surface area contributed by atoms with Crippen LogP contribution < -0.4 is 0 Å². The standard InChI is InChI=1S/C21H36O2/c1-5-7-18-11-17(4)12-21(23,14-18)15-20(22)9-6-8-19(13-20)10-16(2)3/h6,9,12,16,18-19,22-23H,5,7-8,10-11,13-15H2,1-4H3. The Hall–Kier alpha value is -0.600. The fraction of sp³-hybridized carbons (Fsp3) is 0.810. The summed E-state index contributed by atoms with van der Waals surface area (Å²) in [6.45, 7) is 8.82. The molecule has 0 aromatic carbocycles. The number of rotatable bonds is 6. The number of aliphatic hydroxyl groups is 2. The highest BCUT2D eigenvalue weighted by Crippen LogP contribution is 2.42. The smallest absolute Gasteiger partial charge is 0.0863 e. The van der Waals surface area contributed by atoms with Crippen molar-refractivity contribution in [1.82, 2.24) is 0 Å². The third kappa shape index (κ3) is 5.46. The molecule has 0 aromatic rings. The van der Waals surface area contributed by atoms with E-state index in [9.17, 15) is 10.2 Å². The zero-order chi connectivity index (χ0) is 17.1. The van der Waals surface area contributed by atoms with Gasteiger partial charge in [0.25, 0.3) is 0 Å². The van der Waals surface area contributed by atoms with Crippen molar-refractivity contribution >= 4 is 0 Å². The second-order valence-corrected chi connectivity index (χ2v) is 8.78. The van der Waals surface area contributed by atoms with Gasteiger partial charge in [-0.15, -0.1) is 0 Å². The van der Waals surface area contributed by atoms with Crippen molar-refractivity contribution in [2.45, 2.75) is 90.3 Å². The first-order chi connectivity index (χ1) is 10.7. The maximum atomic E-state index is 11.2. The molecule has 0 bridgehead atoms. The van der Waals surface area contributed by atoms with E-state index in [1.165, 1.54) is 5.57 Å². The highest BCUT2D eigenvalue weighted by atomic mass is 16.3. The van der Waals surface area contributed by atoms with Gasteiger partial charge in [0, 0.05) is 6.42 Å². The first-order valence-electron chi connectivity index (χ1n) is 9.54. The van der Waals surface area contributed by atoms with Gasteiger partial charge in [-0.1, -0.05) is 57.4 Å². The molecular weight excluding hydrogens is 284 g/mol. The molecular formula is C21H36O2. The normalized spacial score (nSPS) is 38.0. The molecule has 0 fully saturated rings. The molecule has 2 heteroatoms. The van der Waals surface area contributed by atoms with Crippen LogP contribution in [0.5, 0.6) is 0 Å². The summed E-state index contributed by atoms with van der Waals surface area (Å²) in [5.74, 6) is 1.75. The molecule has 2 nitrogen and oxygen atoms in total. The lowest BCUT2D eigenvalue weighted by molar-refractivity contribution is -0.0437. The molecule has 23 heavy (non-hydrogen) atoms. The lowest BCUT2D eigenvalue weighted by atomic mass is 9.69. The zero-order valence-corrected chi connectivity index (χ0v) is 15.5. The van der Waals surface area contributed by atoms with E-state index in [2.05, 4.69) is 33.8 Å². The molecule has 4 atom stereocenters. The van der Waals surface area contributed by atoms with E-state index < -0.39 is 11.2 Å². The average molecular weight is 321 g/mol. The van der Waals surface area contributed by atoms with E-state index in [-0.39, 0.29) is 0 Å². The van der Waals surface area contributed by atoms with Gasteiger partial charge in [-0.3, -0.25) is 0 Å². The van der Waals surface area contributed by atoms with Crippen molar-refractivity contribution in [3.8, 4) is 0 Å². The molecule has 0 saturated carbocycles. The molecule has 0 radical (unpaired) electrons. The monoisotopic (exact) mass is 320 g/mol. The van der Waals surface area contributed by atoms with Crippen LogP contribution in [0.4, 0.5) is 0 Å². The predicted octanol–water partition coefficient (Wildman–Crippen LogP) is 5.01. The lowest BCUT2D eigenvalue weighted by Crippen LogP contribution is -2.44.